The molecule has 0 radical (unpaired) electrons. The van der Waals surface area contributed by atoms with Gasteiger partial charge in [-0.25, -0.2) is 0 Å². The Morgan fingerprint density at radius 3 is 1.53 bits per heavy atom. The van der Waals surface area contributed by atoms with Crippen LogP contribution >= 0.6 is 10.0 Å². The Kier molecular flexibility index (Phi) is 9.29. The third kappa shape index (κ3) is 6.03. The summed E-state index contributed by atoms with van der Waals surface area (Å²) in [4.78, 5) is 5.05. The van der Waals surface area contributed by atoms with Crippen LogP contribution in [-0.4, -0.2) is 9.13 Å². The number of hydrogen-bond donors (Lipinski definition) is 0. The van der Waals surface area contributed by atoms with Crippen LogP contribution in [0.5, 0.6) is 0 Å². The standard InChI is InChI=1S/C66H44N2OS/c1-4-21-45(22-5-1)51-29-10-11-30-52(51)54-34-19-37-60-65(54)55-32-12-16-36-59(55)68(60)62-39-20-38-61-66(62)56-33-13-15-35-58(56)67(61)46-23-18-28-49(43-46)70(47-24-6-2-7-25-47,48-26-8-3-9-27-48)50-41-42-64-57(44-50)53-31-14-17-40-63(53)69-64/h1-44H. The van der Waals surface area contributed by atoms with E-state index in [1.165, 1.54) is 74.4 Å². The van der Waals surface area contributed by atoms with E-state index in [0.717, 1.165) is 44.3 Å². The molecule has 0 spiro atoms. The van der Waals surface area contributed by atoms with Gasteiger partial charge in [0.05, 0.1) is 27.8 Å². The molecule has 0 N–H and O–H groups in total. The van der Waals surface area contributed by atoms with Crippen molar-refractivity contribution in [3.05, 3.63) is 267 Å². The lowest BCUT2D eigenvalue weighted by molar-refractivity contribution is 0.668. The number of para-hydroxylation sites is 3. The fraction of sp³-hybridized carbons (Fsp3) is 0. The molecule has 70 heavy (non-hydrogen) atoms. The van der Waals surface area contributed by atoms with Crippen LogP contribution in [0.25, 0.3) is 99.2 Å². The number of rotatable bonds is 8. The molecule has 0 atom stereocenters. The summed E-state index contributed by atoms with van der Waals surface area (Å²) in [5.41, 5.74) is 13.6. The van der Waals surface area contributed by atoms with Gasteiger partial charge in [-0.2, -0.15) is 0 Å². The summed E-state index contributed by atoms with van der Waals surface area (Å²) in [6.45, 7) is 0. The van der Waals surface area contributed by atoms with Gasteiger partial charge in [-0.15, -0.1) is 10.0 Å². The van der Waals surface area contributed by atoms with Gasteiger partial charge >= 0.3 is 0 Å². The van der Waals surface area contributed by atoms with E-state index >= 15 is 0 Å². The highest BCUT2D eigenvalue weighted by Crippen LogP contribution is 2.74. The molecule has 3 nitrogen and oxygen atoms in total. The Hall–Kier alpha value is -8.83. The number of nitrogens with zero attached hydrogens (tertiary/aromatic N) is 2. The molecule has 0 aliphatic carbocycles. The first-order valence-corrected chi connectivity index (χ1v) is 25.5. The van der Waals surface area contributed by atoms with Crippen LogP contribution in [0.15, 0.2) is 291 Å². The first-order chi connectivity index (χ1) is 34.8. The molecule has 0 saturated carbocycles. The number of aromatic nitrogens is 2. The summed E-state index contributed by atoms with van der Waals surface area (Å²) < 4.78 is 11.4. The molecule has 0 aliphatic rings. The molecular formula is C66H44N2OS. The third-order valence-electron chi connectivity index (χ3n) is 14.2. The van der Waals surface area contributed by atoms with Crippen LogP contribution in [-0.2, 0) is 0 Å². The van der Waals surface area contributed by atoms with Crippen molar-refractivity contribution in [2.75, 3.05) is 0 Å². The lowest BCUT2D eigenvalue weighted by Gasteiger charge is -2.42. The first-order valence-electron chi connectivity index (χ1n) is 23.9. The maximum Gasteiger partial charge on any atom is 0.135 e. The van der Waals surface area contributed by atoms with Crippen LogP contribution in [0.1, 0.15) is 0 Å². The summed E-state index contributed by atoms with van der Waals surface area (Å²) in [6.07, 6.45) is 0. The fourth-order valence-corrected chi connectivity index (χ4v) is 15.2. The second-order valence-electron chi connectivity index (χ2n) is 18.0. The van der Waals surface area contributed by atoms with Gasteiger partial charge in [-0.3, -0.25) is 0 Å². The van der Waals surface area contributed by atoms with E-state index in [-0.39, 0.29) is 0 Å². The van der Waals surface area contributed by atoms with Crippen LogP contribution in [0, 0.1) is 0 Å². The van der Waals surface area contributed by atoms with Crippen molar-refractivity contribution >= 4 is 75.6 Å². The number of benzene rings is 11. The van der Waals surface area contributed by atoms with Crippen LogP contribution in [0.3, 0.4) is 0 Å². The van der Waals surface area contributed by atoms with Crippen molar-refractivity contribution in [3.63, 3.8) is 0 Å². The van der Waals surface area contributed by atoms with Gasteiger partial charge in [0.1, 0.15) is 11.2 Å². The molecule has 11 aromatic carbocycles. The van der Waals surface area contributed by atoms with Crippen molar-refractivity contribution in [2.45, 2.75) is 19.6 Å². The van der Waals surface area contributed by atoms with E-state index in [4.69, 9.17) is 4.42 Å². The molecule has 0 aliphatic heterocycles. The molecule has 0 amide bonds. The highest BCUT2D eigenvalue weighted by atomic mass is 32.3. The van der Waals surface area contributed by atoms with Crippen LogP contribution in [0.4, 0.5) is 0 Å². The summed E-state index contributed by atoms with van der Waals surface area (Å²) in [7, 11) is -2.07. The molecule has 0 fully saturated rings. The molecule has 0 saturated heterocycles. The Morgan fingerprint density at radius 2 is 0.786 bits per heavy atom. The van der Waals surface area contributed by atoms with E-state index in [2.05, 4.69) is 270 Å². The molecule has 0 bridgehead atoms. The average Bonchev–Trinajstić information content (AvgIpc) is 4.10. The van der Waals surface area contributed by atoms with Crippen molar-refractivity contribution < 1.29 is 4.42 Å². The monoisotopic (exact) mass is 912 g/mol. The minimum Gasteiger partial charge on any atom is -0.456 e. The third-order valence-corrected chi connectivity index (χ3v) is 18.1. The summed E-state index contributed by atoms with van der Waals surface area (Å²) in [5.74, 6) is 0. The van der Waals surface area contributed by atoms with Gasteiger partial charge < -0.3 is 13.6 Å². The van der Waals surface area contributed by atoms with E-state index in [0.29, 0.717) is 0 Å². The fourth-order valence-electron chi connectivity index (χ4n) is 11.3. The predicted molar refractivity (Wildman–Crippen MR) is 293 cm³/mol. The number of fused-ring (bicyclic) bond motifs is 9. The van der Waals surface area contributed by atoms with Crippen molar-refractivity contribution in [1.29, 1.82) is 0 Å². The highest BCUT2D eigenvalue weighted by molar-refractivity contribution is 8.34. The summed E-state index contributed by atoms with van der Waals surface area (Å²) in [5, 5.41) is 7.14. The van der Waals surface area contributed by atoms with Gasteiger partial charge in [-0.05, 0) is 119 Å². The summed E-state index contributed by atoms with van der Waals surface area (Å²) in [6, 6.07) is 98.0. The maximum atomic E-state index is 6.42. The Morgan fingerprint density at radius 1 is 0.286 bits per heavy atom. The Balaban J connectivity index is 1.02. The zero-order chi connectivity index (χ0) is 46.2. The molecule has 3 heterocycles. The molecule has 0 unspecified atom stereocenters. The van der Waals surface area contributed by atoms with Gasteiger partial charge in [0.25, 0.3) is 0 Å². The molecule has 14 aromatic rings. The Labute approximate surface area is 407 Å². The van der Waals surface area contributed by atoms with Gasteiger partial charge in [-0.1, -0.05) is 170 Å². The maximum absolute atomic E-state index is 6.42. The highest BCUT2D eigenvalue weighted by Gasteiger charge is 2.34. The minimum atomic E-state index is -2.07. The van der Waals surface area contributed by atoms with E-state index in [1.54, 1.807) is 0 Å². The number of furan rings is 1. The zero-order valence-electron chi connectivity index (χ0n) is 38.1. The van der Waals surface area contributed by atoms with Crippen molar-refractivity contribution in [3.8, 4) is 33.6 Å². The minimum absolute atomic E-state index is 0.894. The van der Waals surface area contributed by atoms with Gasteiger partial charge in [0, 0.05) is 57.6 Å². The van der Waals surface area contributed by atoms with Crippen molar-refractivity contribution in [2.24, 2.45) is 0 Å². The van der Waals surface area contributed by atoms with Crippen LogP contribution in [0.2, 0.25) is 0 Å². The molecule has 14 rings (SSSR count). The first kappa shape index (κ1) is 40.3. The molecule has 330 valence electrons. The van der Waals surface area contributed by atoms with E-state index in [1.807, 2.05) is 6.07 Å². The largest absolute Gasteiger partial charge is 0.456 e. The lowest BCUT2D eigenvalue weighted by Crippen LogP contribution is -2.06. The van der Waals surface area contributed by atoms with E-state index in [9.17, 15) is 0 Å². The quantitative estimate of drug-likeness (QED) is 0.149. The second-order valence-corrected chi connectivity index (χ2v) is 21.1. The second kappa shape index (κ2) is 16.2. The smallest absolute Gasteiger partial charge is 0.135 e. The Bertz CT molecular complexity index is 4260. The van der Waals surface area contributed by atoms with Gasteiger partial charge in [0.15, 0.2) is 0 Å². The predicted octanol–water partition coefficient (Wildman–Crippen LogP) is 18.5. The molecular weight excluding hydrogens is 869 g/mol. The van der Waals surface area contributed by atoms with Crippen LogP contribution < -0.4 is 0 Å². The molecule has 4 heteroatoms. The SMILES string of the molecule is c1ccc(-c2ccccc2-c2cccc3c2c2ccccc2n3-c2cccc3c2c2ccccc2n3-c2cccc(S(c3ccccc3)(c3ccccc3)c3ccc4oc5ccccc5c4c3)c2)cc1. The van der Waals surface area contributed by atoms with Crippen molar-refractivity contribution in [1.82, 2.24) is 9.13 Å². The average molecular weight is 913 g/mol. The lowest BCUT2D eigenvalue weighted by atomic mass is 9.92. The normalized spacial score (nSPS) is 12.2. The van der Waals surface area contributed by atoms with Gasteiger partial charge in [0.2, 0.25) is 0 Å². The molecule has 3 aromatic heterocycles. The zero-order valence-corrected chi connectivity index (χ0v) is 38.9. The van der Waals surface area contributed by atoms with E-state index < -0.39 is 10.0 Å². The topological polar surface area (TPSA) is 23.0 Å². The summed E-state index contributed by atoms with van der Waals surface area (Å²) >= 11 is 0. The number of hydrogen-bond acceptors (Lipinski definition) is 1.